The molecule has 1 aliphatic rings. The molecule has 0 N–H and O–H groups in total. The summed E-state index contributed by atoms with van der Waals surface area (Å²) in [6, 6.07) is 6.19. The van der Waals surface area contributed by atoms with Gasteiger partial charge in [0.2, 0.25) is 0 Å². The van der Waals surface area contributed by atoms with Gasteiger partial charge in [0.25, 0.3) is 0 Å². The number of nitrogens with zero attached hydrogens (tertiary/aromatic N) is 1. The Morgan fingerprint density at radius 1 is 1.27 bits per heavy atom. The zero-order chi connectivity index (χ0) is 18.8. The highest BCUT2D eigenvalue weighted by molar-refractivity contribution is 6.35. The highest BCUT2D eigenvalue weighted by atomic mass is 79.9. The fraction of sp³-hybridized carbons (Fsp3) is 0.545. The number of benzene rings is 1. The molecule has 26 heavy (non-hydrogen) atoms. The summed E-state index contributed by atoms with van der Waals surface area (Å²) in [5.74, 6) is 0.530. The summed E-state index contributed by atoms with van der Waals surface area (Å²) in [5.41, 5.74) is 2.99. The molecule has 1 aromatic carbocycles. The molecule has 0 fully saturated rings. The van der Waals surface area contributed by atoms with Gasteiger partial charge >= 0.3 is 0 Å². The zero-order valence-electron chi connectivity index (χ0n) is 16.8. The Hall–Kier alpha value is -0.280. The van der Waals surface area contributed by atoms with Gasteiger partial charge in [-0.3, -0.25) is 0 Å². The smallest absolute Gasteiger partial charge is 0.106 e. The molecule has 2 atom stereocenters. The Kier molecular flexibility index (Phi) is 8.48. The maximum absolute atomic E-state index is 6.38. The van der Waals surface area contributed by atoms with Crippen LogP contribution in [0.25, 0.3) is 0 Å². The van der Waals surface area contributed by atoms with Gasteiger partial charge in [-0.15, -0.1) is 0 Å². The Morgan fingerprint density at radius 3 is 2.50 bits per heavy atom. The van der Waals surface area contributed by atoms with Gasteiger partial charge in [0.05, 0.1) is 19.1 Å². The minimum atomic E-state index is 0. The molecule has 0 aromatic heterocycles. The minimum absolute atomic E-state index is 0. The van der Waals surface area contributed by atoms with E-state index in [9.17, 15) is 0 Å². The number of quaternary nitrogens is 1. The fourth-order valence-electron chi connectivity index (χ4n) is 3.72. The van der Waals surface area contributed by atoms with Crippen molar-refractivity contribution in [2.24, 2.45) is 11.3 Å². The van der Waals surface area contributed by atoms with Gasteiger partial charge in [-0.1, -0.05) is 60.8 Å². The molecule has 0 spiro atoms. The molecule has 0 radical (unpaired) electrons. The summed E-state index contributed by atoms with van der Waals surface area (Å²) in [4.78, 5) is 0. The van der Waals surface area contributed by atoms with Gasteiger partial charge in [-0.25, -0.2) is 0 Å². The van der Waals surface area contributed by atoms with E-state index in [2.05, 4.69) is 60.0 Å². The highest BCUT2D eigenvalue weighted by Gasteiger charge is 2.31. The first kappa shape index (κ1) is 23.8. The summed E-state index contributed by atoms with van der Waals surface area (Å²) in [6.07, 6.45) is 9.68. The van der Waals surface area contributed by atoms with Crippen molar-refractivity contribution in [1.29, 1.82) is 0 Å². The standard InChI is InChI=1S/C22H32Cl2N.BrH/c1-16-8-7-13-22(3,4)20(16)12-9-17(2)25(5,6)15-18-10-11-19(23)14-21(18)24;/h8-12,14,17,20H,7,13,15H2,1-6H3;1H/q+1;/p-1. The number of likely N-dealkylation sites (N-methyl/N-ethyl adjacent to an activating group) is 1. The molecule has 0 saturated carbocycles. The van der Waals surface area contributed by atoms with Crippen LogP contribution in [-0.2, 0) is 6.54 Å². The van der Waals surface area contributed by atoms with Crippen molar-refractivity contribution in [3.63, 3.8) is 0 Å². The van der Waals surface area contributed by atoms with Crippen LogP contribution in [0.3, 0.4) is 0 Å². The van der Waals surface area contributed by atoms with Crippen LogP contribution in [0.15, 0.2) is 42.0 Å². The molecule has 0 heterocycles. The summed E-state index contributed by atoms with van der Waals surface area (Å²) in [6.45, 7) is 10.2. The van der Waals surface area contributed by atoms with Crippen molar-refractivity contribution in [2.75, 3.05) is 14.1 Å². The monoisotopic (exact) mass is 459 g/mol. The first-order valence-electron chi connectivity index (χ1n) is 9.14. The van der Waals surface area contributed by atoms with Crippen LogP contribution in [0.5, 0.6) is 0 Å². The predicted molar refractivity (Wildman–Crippen MR) is 111 cm³/mol. The average molecular weight is 461 g/mol. The predicted octanol–water partition coefficient (Wildman–Crippen LogP) is 3.90. The number of hydrogen-bond donors (Lipinski definition) is 0. The quantitative estimate of drug-likeness (QED) is 0.461. The van der Waals surface area contributed by atoms with Gasteiger partial charge in [0.15, 0.2) is 0 Å². The normalized spacial score (nSPS) is 21.2. The summed E-state index contributed by atoms with van der Waals surface area (Å²) >= 11 is 12.4. The van der Waals surface area contributed by atoms with E-state index >= 15 is 0 Å². The molecule has 2 rings (SSSR count). The Bertz CT molecular complexity index is 677. The second-order valence-electron chi connectivity index (χ2n) is 8.75. The van der Waals surface area contributed by atoms with E-state index in [1.807, 2.05) is 18.2 Å². The first-order valence-corrected chi connectivity index (χ1v) is 9.90. The molecular weight excluding hydrogens is 429 g/mol. The lowest BCUT2D eigenvalue weighted by atomic mass is 9.68. The van der Waals surface area contributed by atoms with E-state index in [-0.39, 0.29) is 17.0 Å². The molecule has 1 aliphatic carbocycles. The van der Waals surface area contributed by atoms with Gasteiger partial charge < -0.3 is 21.5 Å². The van der Waals surface area contributed by atoms with E-state index in [1.54, 1.807) is 0 Å². The van der Waals surface area contributed by atoms with Gasteiger partial charge in [0.1, 0.15) is 12.6 Å². The molecule has 1 aromatic rings. The van der Waals surface area contributed by atoms with Crippen LogP contribution >= 0.6 is 23.2 Å². The molecule has 0 bridgehead atoms. The van der Waals surface area contributed by atoms with Crippen LogP contribution in [0, 0.1) is 11.3 Å². The van der Waals surface area contributed by atoms with E-state index in [0.29, 0.717) is 22.4 Å². The Labute approximate surface area is 180 Å². The topological polar surface area (TPSA) is 0 Å². The molecule has 0 saturated heterocycles. The van der Waals surface area contributed by atoms with Crippen molar-refractivity contribution >= 4 is 23.2 Å². The minimum Gasteiger partial charge on any atom is -1.00 e. The molecule has 146 valence electrons. The third kappa shape index (κ3) is 5.86. The largest absolute Gasteiger partial charge is 1.00 e. The lowest BCUT2D eigenvalue weighted by Gasteiger charge is -2.38. The fourth-order valence-corrected chi connectivity index (χ4v) is 4.19. The third-order valence-corrected chi connectivity index (χ3v) is 6.45. The Morgan fingerprint density at radius 2 is 1.92 bits per heavy atom. The molecule has 4 heteroatoms. The first-order chi connectivity index (χ1) is 11.5. The van der Waals surface area contributed by atoms with E-state index in [0.717, 1.165) is 21.6 Å². The third-order valence-electron chi connectivity index (χ3n) is 5.87. The maximum atomic E-state index is 6.38. The highest BCUT2D eigenvalue weighted by Crippen LogP contribution is 2.41. The second kappa shape index (κ2) is 9.28. The number of hydrogen-bond acceptors (Lipinski definition) is 0. The van der Waals surface area contributed by atoms with E-state index < -0.39 is 0 Å². The molecular formula is C22H32BrCl2N. The molecule has 2 unspecified atom stereocenters. The number of rotatable bonds is 5. The van der Waals surface area contributed by atoms with Crippen LogP contribution in [0.4, 0.5) is 0 Å². The summed E-state index contributed by atoms with van der Waals surface area (Å²) in [7, 11) is 4.52. The van der Waals surface area contributed by atoms with E-state index in [1.165, 1.54) is 18.4 Å². The van der Waals surface area contributed by atoms with Crippen molar-refractivity contribution in [2.45, 2.75) is 53.1 Å². The average Bonchev–Trinajstić information content (AvgIpc) is 2.48. The van der Waals surface area contributed by atoms with Crippen LogP contribution < -0.4 is 17.0 Å². The van der Waals surface area contributed by atoms with Crippen LogP contribution in [-0.4, -0.2) is 24.6 Å². The van der Waals surface area contributed by atoms with Gasteiger partial charge in [-0.2, -0.15) is 0 Å². The molecule has 0 aliphatic heterocycles. The number of allylic oxidation sites excluding steroid dienone is 3. The van der Waals surface area contributed by atoms with Crippen molar-refractivity contribution in [1.82, 2.24) is 0 Å². The Balaban J connectivity index is 0.00000338. The number of halogens is 3. The second-order valence-corrected chi connectivity index (χ2v) is 9.59. The maximum Gasteiger partial charge on any atom is 0.106 e. The van der Waals surface area contributed by atoms with Crippen LogP contribution in [0.2, 0.25) is 10.0 Å². The van der Waals surface area contributed by atoms with Crippen LogP contribution in [0.1, 0.15) is 46.1 Å². The lowest BCUT2D eigenvalue weighted by molar-refractivity contribution is -0.919. The van der Waals surface area contributed by atoms with Crippen molar-refractivity contribution in [3.8, 4) is 0 Å². The zero-order valence-corrected chi connectivity index (χ0v) is 19.9. The molecule has 1 nitrogen and oxygen atoms in total. The van der Waals surface area contributed by atoms with Gasteiger partial charge in [-0.05, 0) is 50.3 Å². The summed E-state index contributed by atoms with van der Waals surface area (Å²) in [5, 5.41) is 1.44. The van der Waals surface area contributed by atoms with Gasteiger partial charge in [0, 0.05) is 16.5 Å². The lowest BCUT2D eigenvalue weighted by Crippen LogP contribution is -3.00. The molecule has 0 amide bonds. The van der Waals surface area contributed by atoms with Crippen molar-refractivity contribution < 1.29 is 21.5 Å². The SMILES string of the molecule is CC1=CCCC(C)(C)C1C=CC(C)[N+](C)(C)Cc1ccc(Cl)cc1Cl.[Br-]. The van der Waals surface area contributed by atoms with Crippen molar-refractivity contribution in [3.05, 3.63) is 57.6 Å². The summed E-state index contributed by atoms with van der Waals surface area (Å²) < 4.78 is 0.855. The van der Waals surface area contributed by atoms with E-state index in [4.69, 9.17) is 23.2 Å².